The third kappa shape index (κ3) is 8.17. The Labute approximate surface area is 151 Å². The van der Waals surface area contributed by atoms with Crippen LogP contribution in [-0.4, -0.2) is 46.1 Å². The predicted molar refractivity (Wildman–Crippen MR) is 100.0 cm³/mol. The molecule has 25 heavy (non-hydrogen) atoms. The van der Waals surface area contributed by atoms with E-state index in [0.29, 0.717) is 32.2 Å². The fourth-order valence-corrected chi connectivity index (χ4v) is 3.39. The van der Waals surface area contributed by atoms with Crippen LogP contribution in [-0.2, 0) is 4.79 Å². The van der Waals surface area contributed by atoms with Gasteiger partial charge in [-0.2, -0.15) is 0 Å². The molecule has 5 heteroatoms. The SMILES string of the molecule is CCC[C@@H](O)/C=C/[C@@H]1[C@H](C/C=C\CCCC(=O)NCC)[C@H](O)C[C@@H]1O. The maximum atomic E-state index is 11.4. The van der Waals surface area contributed by atoms with Gasteiger partial charge in [-0.1, -0.05) is 37.6 Å². The molecule has 0 aromatic rings. The van der Waals surface area contributed by atoms with Gasteiger partial charge in [0.05, 0.1) is 18.3 Å². The Morgan fingerprint density at radius 3 is 2.68 bits per heavy atom. The molecule has 0 unspecified atom stereocenters. The van der Waals surface area contributed by atoms with Gasteiger partial charge < -0.3 is 20.6 Å². The zero-order valence-electron chi connectivity index (χ0n) is 15.6. The number of aliphatic hydroxyl groups excluding tert-OH is 3. The predicted octanol–water partition coefficient (Wildman–Crippen LogP) is 2.31. The fraction of sp³-hybridized carbons (Fsp3) is 0.750. The van der Waals surface area contributed by atoms with E-state index in [0.717, 1.165) is 19.3 Å². The first-order valence-electron chi connectivity index (χ1n) is 9.63. The highest BCUT2D eigenvalue weighted by atomic mass is 16.3. The van der Waals surface area contributed by atoms with Crippen molar-refractivity contribution in [1.29, 1.82) is 0 Å². The van der Waals surface area contributed by atoms with E-state index < -0.39 is 18.3 Å². The zero-order chi connectivity index (χ0) is 18.7. The third-order valence-electron chi connectivity index (χ3n) is 4.78. The van der Waals surface area contributed by atoms with Gasteiger partial charge >= 0.3 is 0 Å². The molecule has 4 N–H and O–H groups in total. The van der Waals surface area contributed by atoms with Gasteiger partial charge in [0, 0.05) is 25.3 Å². The van der Waals surface area contributed by atoms with Crippen LogP contribution in [0, 0.1) is 11.8 Å². The number of unbranched alkanes of at least 4 members (excludes halogenated alkanes) is 1. The summed E-state index contributed by atoms with van der Waals surface area (Å²) in [5, 5.41) is 33.0. The monoisotopic (exact) mass is 353 g/mol. The maximum Gasteiger partial charge on any atom is 0.219 e. The molecule has 144 valence electrons. The van der Waals surface area contributed by atoms with E-state index >= 15 is 0 Å². The Morgan fingerprint density at radius 2 is 2.00 bits per heavy atom. The Hall–Kier alpha value is -1.17. The molecule has 0 spiro atoms. The summed E-state index contributed by atoms with van der Waals surface area (Å²) in [5.41, 5.74) is 0. The third-order valence-corrected chi connectivity index (χ3v) is 4.78. The zero-order valence-corrected chi connectivity index (χ0v) is 15.6. The molecule has 0 aromatic carbocycles. The van der Waals surface area contributed by atoms with Gasteiger partial charge in [0.25, 0.3) is 0 Å². The Kier molecular flexibility index (Phi) is 10.7. The quantitative estimate of drug-likeness (QED) is 0.339. The molecule has 1 saturated carbocycles. The summed E-state index contributed by atoms with van der Waals surface area (Å²) >= 11 is 0. The van der Waals surface area contributed by atoms with E-state index in [1.807, 2.05) is 32.1 Å². The molecule has 0 aliphatic heterocycles. The first-order chi connectivity index (χ1) is 12.0. The minimum atomic E-state index is -0.559. The van der Waals surface area contributed by atoms with E-state index in [1.165, 1.54) is 0 Å². The van der Waals surface area contributed by atoms with Gasteiger partial charge in [-0.05, 0) is 38.5 Å². The summed E-state index contributed by atoms with van der Waals surface area (Å²) in [5.74, 6) is -0.0673. The van der Waals surface area contributed by atoms with Crippen LogP contribution in [0.3, 0.4) is 0 Å². The average Bonchev–Trinajstić information content (AvgIpc) is 2.82. The van der Waals surface area contributed by atoms with Crippen LogP contribution in [0.15, 0.2) is 24.3 Å². The highest BCUT2D eigenvalue weighted by Crippen LogP contribution is 2.36. The smallest absolute Gasteiger partial charge is 0.219 e. The van der Waals surface area contributed by atoms with Gasteiger partial charge in [0.1, 0.15) is 0 Å². The second-order valence-electron chi connectivity index (χ2n) is 6.91. The molecule has 1 aliphatic carbocycles. The van der Waals surface area contributed by atoms with E-state index in [1.54, 1.807) is 6.08 Å². The molecule has 0 heterocycles. The minimum absolute atomic E-state index is 0.0280. The number of nitrogens with one attached hydrogen (secondary N) is 1. The topological polar surface area (TPSA) is 89.8 Å². The molecule has 1 aliphatic rings. The Morgan fingerprint density at radius 1 is 1.24 bits per heavy atom. The standard InChI is InChI=1S/C20H35NO4/c1-3-9-15(22)12-13-17-16(18(23)14-19(17)24)10-7-5-6-8-11-20(25)21-4-2/h5,7,12-13,15-19,22-24H,3-4,6,8-11,14H2,1-2H3,(H,21,25)/b7-5-,13-12+/t15-,16+,17-,18-,19+/m1/s1. The lowest BCUT2D eigenvalue weighted by molar-refractivity contribution is -0.121. The Balaban J connectivity index is 2.42. The van der Waals surface area contributed by atoms with Crippen molar-refractivity contribution in [2.45, 2.75) is 77.1 Å². The summed E-state index contributed by atoms with van der Waals surface area (Å²) in [6.07, 6.45) is 11.0. The van der Waals surface area contributed by atoms with E-state index in [2.05, 4.69) is 5.32 Å². The summed E-state index contributed by atoms with van der Waals surface area (Å²) in [4.78, 5) is 11.4. The van der Waals surface area contributed by atoms with Crippen molar-refractivity contribution < 1.29 is 20.1 Å². The molecule has 1 fully saturated rings. The lowest BCUT2D eigenvalue weighted by Crippen LogP contribution is -2.21. The van der Waals surface area contributed by atoms with Crippen molar-refractivity contribution in [1.82, 2.24) is 5.32 Å². The van der Waals surface area contributed by atoms with Crippen LogP contribution in [0.1, 0.15) is 58.8 Å². The van der Waals surface area contributed by atoms with Crippen LogP contribution in [0.25, 0.3) is 0 Å². The lowest BCUT2D eigenvalue weighted by atomic mass is 9.89. The summed E-state index contributed by atoms with van der Waals surface area (Å²) in [6, 6.07) is 0. The molecular weight excluding hydrogens is 318 g/mol. The number of rotatable bonds is 11. The minimum Gasteiger partial charge on any atom is -0.393 e. The number of hydrogen-bond acceptors (Lipinski definition) is 4. The molecule has 0 saturated heterocycles. The summed E-state index contributed by atoms with van der Waals surface area (Å²) in [7, 11) is 0. The molecule has 0 aromatic heterocycles. The first-order valence-corrected chi connectivity index (χ1v) is 9.63. The highest BCUT2D eigenvalue weighted by molar-refractivity contribution is 5.75. The van der Waals surface area contributed by atoms with Gasteiger partial charge in [0.2, 0.25) is 5.91 Å². The molecule has 1 amide bonds. The lowest BCUT2D eigenvalue weighted by Gasteiger charge is -2.19. The second kappa shape index (κ2) is 12.2. The van der Waals surface area contributed by atoms with Crippen molar-refractivity contribution in [3.8, 4) is 0 Å². The van der Waals surface area contributed by atoms with Crippen molar-refractivity contribution in [2.75, 3.05) is 6.54 Å². The van der Waals surface area contributed by atoms with Crippen LogP contribution in [0.2, 0.25) is 0 Å². The van der Waals surface area contributed by atoms with Crippen LogP contribution >= 0.6 is 0 Å². The van der Waals surface area contributed by atoms with Crippen molar-refractivity contribution in [3.63, 3.8) is 0 Å². The first kappa shape index (κ1) is 21.9. The van der Waals surface area contributed by atoms with E-state index in [4.69, 9.17) is 0 Å². The Bertz CT molecular complexity index is 435. The van der Waals surface area contributed by atoms with Crippen molar-refractivity contribution >= 4 is 5.91 Å². The van der Waals surface area contributed by atoms with Crippen LogP contribution in [0.5, 0.6) is 0 Å². The molecule has 0 radical (unpaired) electrons. The molecular formula is C20H35NO4. The molecule has 0 bridgehead atoms. The van der Waals surface area contributed by atoms with Crippen LogP contribution in [0.4, 0.5) is 0 Å². The molecule has 5 nitrogen and oxygen atoms in total. The van der Waals surface area contributed by atoms with E-state index in [-0.39, 0.29) is 17.7 Å². The van der Waals surface area contributed by atoms with Gasteiger partial charge in [-0.15, -0.1) is 0 Å². The van der Waals surface area contributed by atoms with Gasteiger partial charge in [-0.3, -0.25) is 4.79 Å². The van der Waals surface area contributed by atoms with Gasteiger partial charge in [-0.25, -0.2) is 0 Å². The maximum absolute atomic E-state index is 11.4. The fourth-order valence-electron chi connectivity index (χ4n) is 3.39. The van der Waals surface area contributed by atoms with Gasteiger partial charge in [0.15, 0.2) is 0 Å². The highest BCUT2D eigenvalue weighted by Gasteiger charge is 2.39. The molecule has 5 atom stereocenters. The normalized spacial score (nSPS) is 28.0. The number of hydrogen-bond donors (Lipinski definition) is 4. The average molecular weight is 354 g/mol. The second-order valence-corrected chi connectivity index (χ2v) is 6.91. The van der Waals surface area contributed by atoms with Crippen LogP contribution < -0.4 is 5.32 Å². The van der Waals surface area contributed by atoms with Crippen molar-refractivity contribution in [3.05, 3.63) is 24.3 Å². The number of allylic oxidation sites excluding steroid dienone is 2. The number of aliphatic hydroxyl groups is 3. The number of amides is 1. The van der Waals surface area contributed by atoms with E-state index in [9.17, 15) is 20.1 Å². The number of carbonyl (C=O) groups is 1. The number of carbonyl (C=O) groups excluding carboxylic acids is 1. The molecule has 1 rings (SSSR count). The summed E-state index contributed by atoms with van der Waals surface area (Å²) in [6.45, 7) is 4.59. The summed E-state index contributed by atoms with van der Waals surface area (Å²) < 4.78 is 0. The van der Waals surface area contributed by atoms with Crippen molar-refractivity contribution in [2.24, 2.45) is 11.8 Å². The largest absolute Gasteiger partial charge is 0.393 e.